The molecule has 1 aromatic heterocycles. The Bertz CT molecular complexity index is 1180. The fraction of sp³-hybridized carbons (Fsp3) is 0.360. The Hall–Kier alpha value is -3.07. The van der Waals surface area contributed by atoms with Crippen molar-refractivity contribution in [2.45, 2.75) is 38.4 Å². The van der Waals surface area contributed by atoms with E-state index in [2.05, 4.69) is 27.8 Å². The predicted octanol–water partition coefficient (Wildman–Crippen LogP) is 6.53. The molecule has 0 aliphatic heterocycles. The largest absolute Gasteiger partial charge is 0.416 e. The normalized spacial score (nSPS) is 20.5. The number of nitrogens with zero attached hydrogens (tertiary/aromatic N) is 1. The van der Waals surface area contributed by atoms with Crippen LogP contribution in [0.2, 0.25) is 5.02 Å². The maximum absolute atomic E-state index is 13.1. The number of nitrogens with one attached hydrogen (secondary N) is 3. The summed E-state index contributed by atoms with van der Waals surface area (Å²) >= 11 is 6.00. The second kappa shape index (κ2) is 10.3. The molecule has 3 atom stereocenters. The van der Waals surface area contributed by atoms with Crippen molar-refractivity contribution in [1.29, 1.82) is 0 Å². The highest BCUT2D eigenvalue weighted by Gasteiger charge is 2.33. The first-order chi connectivity index (χ1) is 16.6. The van der Waals surface area contributed by atoms with Gasteiger partial charge in [0.05, 0.1) is 21.8 Å². The first-order valence-electron chi connectivity index (χ1n) is 11.3. The van der Waals surface area contributed by atoms with Crippen LogP contribution in [0.4, 0.5) is 23.4 Å². The van der Waals surface area contributed by atoms with Gasteiger partial charge in [0.1, 0.15) is 11.6 Å². The van der Waals surface area contributed by atoms with E-state index in [9.17, 15) is 22.4 Å². The highest BCUT2D eigenvalue weighted by atomic mass is 35.5. The molecule has 1 saturated carbocycles. The van der Waals surface area contributed by atoms with Crippen LogP contribution in [-0.2, 0) is 6.18 Å². The van der Waals surface area contributed by atoms with Crippen molar-refractivity contribution in [3.05, 3.63) is 70.5 Å². The van der Waals surface area contributed by atoms with Crippen molar-refractivity contribution < 1.29 is 22.4 Å². The van der Waals surface area contributed by atoms with Crippen molar-refractivity contribution >= 4 is 23.3 Å². The molecular weight excluding hydrogens is 484 g/mol. The summed E-state index contributed by atoms with van der Waals surface area (Å²) in [6.45, 7) is 2.78. The number of hydrogen-bond donors (Lipinski definition) is 3. The predicted molar refractivity (Wildman–Crippen MR) is 127 cm³/mol. The second-order valence-corrected chi connectivity index (χ2v) is 9.38. The van der Waals surface area contributed by atoms with Gasteiger partial charge in [-0.15, -0.1) is 0 Å². The van der Waals surface area contributed by atoms with Gasteiger partial charge in [-0.1, -0.05) is 18.5 Å². The van der Waals surface area contributed by atoms with Gasteiger partial charge in [0, 0.05) is 18.7 Å². The van der Waals surface area contributed by atoms with Gasteiger partial charge in [0.25, 0.3) is 5.91 Å². The van der Waals surface area contributed by atoms with Crippen LogP contribution >= 0.6 is 11.6 Å². The Morgan fingerprint density at radius 3 is 2.57 bits per heavy atom. The molecule has 0 saturated heterocycles. The number of hydrogen-bond acceptors (Lipinski definition) is 3. The molecule has 1 aliphatic carbocycles. The lowest BCUT2D eigenvalue weighted by Gasteiger charge is -2.34. The molecule has 1 aliphatic rings. The van der Waals surface area contributed by atoms with Gasteiger partial charge in [-0.2, -0.15) is 18.3 Å². The molecule has 1 heterocycles. The maximum atomic E-state index is 13.1. The average molecular weight is 509 g/mol. The van der Waals surface area contributed by atoms with E-state index in [1.165, 1.54) is 12.1 Å². The molecule has 35 heavy (non-hydrogen) atoms. The van der Waals surface area contributed by atoms with E-state index in [1.54, 1.807) is 12.1 Å². The van der Waals surface area contributed by atoms with Crippen LogP contribution in [0.1, 0.15) is 42.1 Å². The summed E-state index contributed by atoms with van der Waals surface area (Å²) < 4.78 is 52.2. The van der Waals surface area contributed by atoms with Gasteiger partial charge < -0.3 is 10.6 Å². The topological polar surface area (TPSA) is 69.8 Å². The van der Waals surface area contributed by atoms with E-state index in [0.29, 0.717) is 31.1 Å². The summed E-state index contributed by atoms with van der Waals surface area (Å²) in [5.41, 5.74) is 0.530. The Kier molecular flexibility index (Phi) is 7.35. The van der Waals surface area contributed by atoms with E-state index in [4.69, 9.17) is 11.6 Å². The second-order valence-electron chi connectivity index (χ2n) is 8.97. The zero-order valence-corrected chi connectivity index (χ0v) is 19.7. The fourth-order valence-electron chi connectivity index (χ4n) is 4.46. The Morgan fingerprint density at radius 2 is 1.89 bits per heavy atom. The van der Waals surface area contributed by atoms with E-state index in [-0.39, 0.29) is 28.4 Å². The summed E-state index contributed by atoms with van der Waals surface area (Å²) in [5.74, 6) is 0.400. The quantitative estimate of drug-likeness (QED) is 0.331. The highest BCUT2D eigenvalue weighted by Crippen LogP contribution is 2.33. The van der Waals surface area contributed by atoms with Crippen LogP contribution in [0, 0.1) is 17.7 Å². The molecule has 4 rings (SSSR count). The van der Waals surface area contributed by atoms with E-state index in [0.717, 1.165) is 35.9 Å². The summed E-state index contributed by atoms with van der Waals surface area (Å²) in [4.78, 5) is 12.6. The van der Waals surface area contributed by atoms with Crippen molar-refractivity contribution in [2.24, 2.45) is 11.8 Å². The standard InChI is InChI=1S/C25H25ClF4N4O/c1-14-10-19(32-24(35)20-11-17(25(28,29)30)5-9-21(20)26)8-4-16(14)13-31-23-12-22(33-34-23)15-2-6-18(27)7-3-15/h2-3,5-7,9,11-12,14,16,19H,4,8,10,13H2,1H3,(H,32,35)(H2,31,33,34)/t14-,16+,19?/m0/s1. The molecule has 186 valence electrons. The van der Waals surface area contributed by atoms with Crippen molar-refractivity contribution in [3.63, 3.8) is 0 Å². The third-order valence-corrected chi connectivity index (χ3v) is 6.83. The molecule has 3 N–H and O–H groups in total. The van der Waals surface area contributed by atoms with Gasteiger partial charge in [0.2, 0.25) is 0 Å². The number of carbonyl (C=O) groups is 1. The Morgan fingerprint density at radius 1 is 1.14 bits per heavy atom. The highest BCUT2D eigenvalue weighted by molar-refractivity contribution is 6.33. The number of rotatable bonds is 6. The van der Waals surface area contributed by atoms with Gasteiger partial charge in [0.15, 0.2) is 0 Å². The zero-order valence-electron chi connectivity index (χ0n) is 18.9. The molecule has 3 aromatic rings. The van der Waals surface area contributed by atoms with E-state index >= 15 is 0 Å². The summed E-state index contributed by atoms with van der Waals surface area (Å²) in [5, 5.41) is 13.4. The Balaban J connectivity index is 1.30. The zero-order chi connectivity index (χ0) is 25.2. The SMILES string of the molecule is C[C@H]1CC(NC(=O)c2cc(C(F)(F)F)ccc2Cl)CC[C@@H]1CNc1cc(-c2ccc(F)cc2)[nH]n1. The fourth-order valence-corrected chi connectivity index (χ4v) is 4.66. The maximum Gasteiger partial charge on any atom is 0.416 e. The number of anilines is 1. The Labute approximate surface area is 205 Å². The van der Waals surface area contributed by atoms with Crippen LogP contribution in [0.3, 0.4) is 0 Å². The molecule has 0 radical (unpaired) electrons. The molecule has 0 spiro atoms. The third-order valence-electron chi connectivity index (χ3n) is 6.50. The first-order valence-corrected chi connectivity index (χ1v) is 11.7. The number of aromatic amines is 1. The van der Waals surface area contributed by atoms with Gasteiger partial charge in [-0.25, -0.2) is 4.39 Å². The van der Waals surface area contributed by atoms with Crippen molar-refractivity contribution in [2.75, 3.05) is 11.9 Å². The molecule has 1 amide bonds. The summed E-state index contributed by atoms with van der Waals surface area (Å²) in [6.07, 6.45) is -2.30. The van der Waals surface area contributed by atoms with E-state index < -0.39 is 17.6 Å². The van der Waals surface area contributed by atoms with Crippen LogP contribution in [-0.4, -0.2) is 28.7 Å². The number of aromatic nitrogens is 2. The lowest BCUT2D eigenvalue weighted by Crippen LogP contribution is -2.41. The number of amides is 1. The summed E-state index contributed by atoms with van der Waals surface area (Å²) in [6, 6.07) is 10.6. The average Bonchev–Trinajstić information content (AvgIpc) is 3.27. The number of halogens is 5. The molecular formula is C25H25ClF4N4O. The molecule has 2 aromatic carbocycles. The minimum atomic E-state index is -4.55. The van der Waals surface area contributed by atoms with Crippen LogP contribution in [0.5, 0.6) is 0 Å². The third kappa shape index (κ3) is 6.14. The van der Waals surface area contributed by atoms with Gasteiger partial charge in [-0.3, -0.25) is 9.89 Å². The number of alkyl halides is 3. The lowest BCUT2D eigenvalue weighted by molar-refractivity contribution is -0.137. The molecule has 1 unspecified atom stereocenters. The van der Waals surface area contributed by atoms with Crippen LogP contribution in [0.15, 0.2) is 48.5 Å². The monoisotopic (exact) mass is 508 g/mol. The van der Waals surface area contributed by atoms with Gasteiger partial charge >= 0.3 is 6.18 Å². The van der Waals surface area contributed by atoms with Gasteiger partial charge in [-0.05, 0) is 79.1 Å². The number of H-pyrrole nitrogens is 1. The van der Waals surface area contributed by atoms with Crippen molar-refractivity contribution in [1.82, 2.24) is 15.5 Å². The lowest BCUT2D eigenvalue weighted by atomic mass is 9.78. The number of carbonyl (C=O) groups excluding carboxylic acids is 1. The molecule has 5 nitrogen and oxygen atoms in total. The van der Waals surface area contributed by atoms with Crippen LogP contribution in [0.25, 0.3) is 11.3 Å². The first kappa shape index (κ1) is 25.0. The van der Waals surface area contributed by atoms with Crippen LogP contribution < -0.4 is 10.6 Å². The minimum absolute atomic E-state index is 0.0135. The number of benzene rings is 2. The molecule has 1 fully saturated rings. The molecule has 0 bridgehead atoms. The minimum Gasteiger partial charge on any atom is -0.368 e. The summed E-state index contributed by atoms with van der Waals surface area (Å²) in [7, 11) is 0. The smallest absolute Gasteiger partial charge is 0.368 e. The van der Waals surface area contributed by atoms with Crippen molar-refractivity contribution in [3.8, 4) is 11.3 Å². The van der Waals surface area contributed by atoms with E-state index in [1.807, 2.05) is 6.07 Å². The molecule has 10 heteroatoms.